The van der Waals surface area contributed by atoms with Gasteiger partial charge in [0.1, 0.15) is 0 Å². The largest absolute Gasteiger partial charge is 0.308 e. The Balaban J connectivity index is 2.40. The summed E-state index contributed by atoms with van der Waals surface area (Å²) in [5.74, 6) is 0. The first-order valence-corrected chi connectivity index (χ1v) is 6.44. The standard InChI is InChI=1S/C12H17N3S/c1-4-15-11(7-9(2)14-15)12(13-3)10-5-6-16-8-10/h5-8,12-13H,4H2,1-3H3. The molecular weight excluding hydrogens is 218 g/mol. The van der Waals surface area contributed by atoms with Crippen LogP contribution in [0.15, 0.2) is 22.9 Å². The third-order valence-corrected chi connectivity index (χ3v) is 3.40. The summed E-state index contributed by atoms with van der Waals surface area (Å²) >= 11 is 1.73. The van der Waals surface area contributed by atoms with Crippen LogP contribution < -0.4 is 5.32 Å². The predicted molar refractivity (Wildman–Crippen MR) is 67.9 cm³/mol. The molecule has 2 aromatic rings. The van der Waals surface area contributed by atoms with E-state index in [1.807, 2.05) is 14.0 Å². The maximum absolute atomic E-state index is 4.49. The van der Waals surface area contributed by atoms with E-state index in [0.717, 1.165) is 12.2 Å². The molecule has 16 heavy (non-hydrogen) atoms. The van der Waals surface area contributed by atoms with Crippen molar-refractivity contribution in [3.05, 3.63) is 39.8 Å². The highest BCUT2D eigenvalue weighted by atomic mass is 32.1. The summed E-state index contributed by atoms with van der Waals surface area (Å²) < 4.78 is 2.06. The molecular formula is C12H17N3S. The molecule has 2 heterocycles. The van der Waals surface area contributed by atoms with Crippen LogP contribution >= 0.6 is 11.3 Å². The van der Waals surface area contributed by atoms with Gasteiger partial charge in [-0.1, -0.05) is 0 Å². The van der Waals surface area contributed by atoms with Crippen molar-refractivity contribution < 1.29 is 0 Å². The minimum atomic E-state index is 0.243. The summed E-state index contributed by atoms with van der Waals surface area (Å²) in [4.78, 5) is 0. The van der Waals surface area contributed by atoms with E-state index in [4.69, 9.17) is 0 Å². The molecule has 1 atom stereocenters. The minimum absolute atomic E-state index is 0.243. The Hall–Kier alpha value is -1.13. The second-order valence-electron chi connectivity index (χ2n) is 3.80. The van der Waals surface area contributed by atoms with E-state index in [1.54, 1.807) is 11.3 Å². The fourth-order valence-corrected chi connectivity index (χ4v) is 2.66. The Labute approximate surface area is 100 Å². The van der Waals surface area contributed by atoms with Gasteiger partial charge in [0.25, 0.3) is 0 Å². The highest BCUT2D eigenvalue weighted by molar-refractivity contribution is 7.08. The van der Waals surface area contributed by atoms with Crippen molar-refractivity contribution in [1.82, 2.24) is 15.1 Å². The van der Waals surface area contributed by atoms with Gasteiger partial charge in [-0.05, 0) is 49.4 Å². The fraction of sp³-hybridized carbons (Fsp3) is 0.417. The molecule has 0 saturated carbocycles. The summed E-state index contributed by atoms with van der Waals surface area (Å²) in [6.45, 7) is 5.07. The van der Waals surface area contributed by atoms with Crippen LogP contribution in [0.4, 0.5) is 0 Å². The van der Waals surface area contributed by atoms with Crippen molar-refractivity contribution in [2.24, 2.45) is 0 Å². The molecule has 0 aliphatic carbocycles. The van der Waals surface area contributed by atoms with Crippen molar-refractivity contribution in [2.75, 3.05) is 7.05 Å². The predicted octanol–water partition coefficient (Wildman–Crippen LogP) is 2.58. The summed E-state index contributed by atoms with van der Waals surface area (Å²) in [6, 6.07) is 4.56. The highest BCUT2D eigenvalue weighted by Crippen LogP contribution is 2.24. The lowest BCUT2D eigenvalue weighted by Gasteiger charge is -2.16. The average molecular weight is 235 g/mol. The quantitative estimate of drug-likeness (QED) is 0.882. The van der Waals surface area contributed by atoms with E-state index in [9.17, 15) is 0 Å². The number of thiophene rings is 1. The molecule has 0 aromatic carbocycles. The lowest BCUT2D eigenvalue weighted by molar-refractivity contribution is 0.562. The first-order valence-electron chi connectivity index (χ1n) is 5.50. The first kappa shape index (κ1) is 11.4. The molecule has 0 radical (unpaired) electrons. The maximum Gasteiger partial charge on any atom is 0.0754 e. The van der Waals surface area contributed by atoms with E-state index in [0.29, 0.717) is 0 Å². The summed E-state index contributed by atoms with van der Waals surface area (Å²) in [6.07, 6.45) is 0. The molecule has 4 heteroatoms. The third-order valence-electron chi connectivity index (χ3n) is 2.69. The molecule has 2 aromatic heterocycles. The van der Waals surface area contributed by atoms with E-state index in [2.05, 4.69) is 44.9 Å². The normalized spacial score (nSPS) is 12.9. The van der Waals surface area contributed by atoms with Crippen molar-refractivity contribution in [3.8, 4) is 0 Å². The Morgan fingerprint density at radius 2 is 2.38 bits per heavy atom. The number of hydrogen-bond acceptors (Lipinski definition) is 3. The van der Waals surface area contributed by atoms with Crippen LogP contribution in [-0.2, 0) is 6.54 Å². The smallest absolute Gasteiger partial charge is 0.0754 e. The molecule has 0 aliphatic heterocycles. The number of aryl methyl sites for hydroxylation is 2. The fourth-order valence-electron chi connectivity index (χ4n) is 1.98. The lowest BCUT2D eigenvalue weighted by Crippen LogP contribution is -2.20. The number of nitrogens with one attached hydrogen (secondary N) is 1. The van der Waals surface area contributed by atoms with Crippen LogP contribution in [0.5, 0.6) is 0 Å². The van der Waals surface area contributed by atoms with Gasteiger partial charge in [0.15, 0.2) is 0 Å². The number of aromatic nitrogens is 2. The molecule has 86 valence electrons. The Bertz CT molecular complexity index is 445. The van der Waals surface area contributed by atoms with E-state index >= 15 is 0 Å². The monoisotopic (exact) mass is 235 g/mol. The Kier molecular flexibility index (Phi) is 3.41. The lowest BCUT2D eigenvalue weighted by atomic mass is 10.1. The van der Waals surface area contributed by atoms with Gasteiger partial charge in [-0.25, -0.2) is 0 Å². The summed E-state index contributed by atoms with van der Waals surface area (Å²) in [5, 5.41) is 12.1. The Morgan fingerprint density at radius 3 is 2.94 bits per heavy atom. The van der Waals surface area contributed by atoms with Gasteiger partial charge in [-0.2, -0.15) is 16.4 Å². The third kappa shape index (κ3) is 2.03. The Morgan fingerprint density at radius 1 is 1.56 bits per heavy atom. The molecule has 1 unspecified atom stereocenters. The molecule has 1 N–H and O–H groups in total. The van der Waals surface area contributed by atoms with Crippen molar-refractivity contribution in [1.29, 1.82) is 0 Å². The number of rotatable bonds is 4. The average Bonchev–Trinajstić information content (AvgIpc) is 2.89. The van der Waals surface area contributed by atoms with Gasteiger partial charge in [0.05, 0.1) is 17.4 Å². The van der Waals surface area contributed by atoms with Crippen LogP contribution in [0, 0.1) is 6.92 Å². The zero-order valence-electron chi connectivity index (χ0n) is 9.90. The maximum atomic E-state index is 4.49. The van der Waals surface area contributed by atoms with Crippen molar-refractivity contribution >= 4 is 11.3 Å². The molecule has 0 aliphatic rings. The van der Waals surface area contributed by atoms with E-state index in [-0.39, 0.29) is 6.04 Å². The van der Waals surface area contributed by atoms with Gasteiger partial charge in [0.2, 0.25) is 0 Å². The molecule has 0 amide bonds. The van der Waals surface area contributed by atoms with Crippen LogP contribution in [0.3, 0.4) is 0 Å². The van der Waals surface area contributed by atoms with Crippen LogP contribution in [0.25, 0.3) is 0 Å². The molecule has 0 bridgehead atoms. The molecule has 0 saturated heterocycles. The number of hydrogen-bond donors (Lipinski definition) is 1. The second kappa shape index (κ2) is 4.80. The van der Waals surface area contributed by atoms with E-state index in [1.165, 1.54) is 11.3 Å². The van der Waals surface area contributed by atoms with Crippen molar-refractivity contribution in [3.63, 3.8) is 0 Å². The topological polar surface area (TPSA) is 29.9 Å². The van der Waals surface area contributed by atoms with Crippen molar-refractivity contribution in [2.45, 2.75) is 26.4 Å². The molecule has 0 spiro atoms. The van der Waals surface area contributed by atoms with Gasteiger partial charge >= 0.3 is 0 Å². The van der Waals surface area contributed by atoms with Gasteiger partial charge in [0, 0.05) is 6.54 Å². The summed E-state index contributed by atoms with van der Waals surface area (Å²) in [7, 11) is 1.99. The van der Waals surface area contributed by atoms with Crippen LogP contribution in [-0.4, -0.2) is 16.8 Å². The molecule has 3 nitrogen and oxygen atoms in total. The zero-order valence-corrected chi connectivity index (χ0v) is 10.7. The molecule has 2 rings (SSSR count). The first-order chi connectivity index (χ1) is 7.76. The van der Waals surface area contributed by atoms with Gasteiger partial charge < -0.3 is 5.32 Å². The van der Waals surface area contributed by atoms with Crippen LogP contribution in [0.1, 0.15) is 29.9 Å². The van der Waals surface area contributed by atoms with E-state index < -0.39 is 0 Å². The SMILES string of the molecule is CCn1nc(C)cc1C(NC)c1ccsc1. The zero-order chi connectivity index (χ0) is 11.5. The molecule has 0 fully saturated rings. The summed E-state index contributed by atoms with van der Waals surface area (Å²) in [5.41, 5.74) is 3.62. The van der Waals surface area contributed by atoms with Gasteiger partial charge in [-0.15, -0.1) is 0 Å². The van der Waals surface area contributed by atoms with Crippen LogP contribution in [0.2, 0.25) is 0 Å². The number of nitrogens with zero attached hydrogens (tertiary/aromatic N) is 2. The highest BCUT2D eigenvalue weighted by Gasteiger charge is 2.17. The second-order valence-corrected chi connectivity index (χ2v) is 4.58. The minimum Gasteiger partial charge on any atom is -0.308 e. The van der Waals surface area contributed by atoms with Gasteiger partial charge in [-0.3, -0.25) is 4.68 Å².